The summed E-state index contributed by atoms with van der Waals surface area (Å²) in [4.78, 5) is 5.69. The topological polar surface area (TPSA) is 34.1 Å². The lowest BCUT2D eigenvalue weighted by atomic mass is 10.1. The number of thiazole rings is 1. The number of ether oxygens (including phenoxy) is 1. The first kappa shape index (κ1) is 16.1. The highest BCUT2D eigenvalue weighted by molar-refractivity contribution is 7.10. The van der Waals surface area contributed by atoms with Crippen LogP contribution in [0.4, 0.5) is 4.39 Å². The second kappa shape index (κ2) is 7.68. The molecule has 0 radical (unpaired) electrons. The molecule has 0 aliphatic heterocycles. The average Bonchev–Trinajstić information content (AvgIpc) is 3.25. The van der Waals surface area contributed by atoms with Gasteiger partial charge in [-0.05, 0) is 17.5 Å². The number of methoxy groups -OCH3 is 1. The van der Waals surface area contributed by atoms with Crippen molar-refractivity contribution in [2.45, 2.75) is 19.0 Å². The van der Waals surface area contributed by atoms with Gasteiger partial charge in [0.2, 0.25) is 0 Å². The molecule has 0 fully saturated rings. The van der Waals surface area contributed by atoms with Gasteiger partial charge in [-0.1, -0.05) is 12.1 Å². The molecule has 2 aromatic heterocycles. The smallest absolute Gasteiger partial charge is 0.131 e. The Morgan fingerprint density at radius 1 is 1.26 bits per heavy atom. The predicted octanol–water partition coefficient (Wildman–Crippen LogP) is 4.43. The van der Waals surface area contributed by atoms with E-state index in [-0.39, 0.29) is 11.9 Å². The molecule has 2 heterocycles. The molecule has 3 rings (SSSR count). The Morgan fingerprint density at radius 2 is 2.17 bits per heavy atom. The van der Waals surface area contributed by atoms with Crippen molar-refractivity contribution in [1.29, 1.82) is 0 Å². The Kier molecular flexibility index (Phi) is 5.38. The SMILES string of the molecule is COc1ccc(CN[C@H](Cc2cccs2)c2nccs2)c(F)c1. The molecule has 23 heavy (non-hydrogen) atoms. The molecule has 0 saturated heterocycles. The largest absolute Gasteiger partial charge is 0.497 e. The number of thiophene rings is 1. The minimum Gasteiger partial charge on any atom is -0.497 e. The van der Waals surface area contributed by atoms with Gasteiger partial charge in [0.1, 0.15) is 16.6 Å². The van der Waals surface area contributed by atoms with Crippen LogP contribution in [0.5, 0.6) is 5.75 Å². The molecule has 0 bridgehead atoms. The number of rotatable bonds is 7. The molecule has 0 unspecified atom stereocenters. The van der Waals surface area contributed by atoms with Crippen molar-refractivity contribution < 1.29 is 9.13 Å². The average molecular weight is 348 g/mol. The quantitative estimate of drug-likeness (QED) is 0.686. The summed E-state index contributed by atoms with van der Waals surface area (Å²) in [6, 6.07) is 9.18. The number of nitrogens with one attached hydrogen (secondary N) is 1. The molecule has 3 aromatic rings. The van der Waals surface area contributed by atoms with E-state index in [0.717, 1.165) is 11.4 Å². The number of nitrogens with zero attached hydrogens (tertiary/aromatic N) is 1. The molecule has 0 aliphatic rings. The fourth-order valence-electron chi connectivity index (χ4n) is 2.31. The zero-order valence-corrected chi connectivity index (χ0v) is 14.3. The van der Waals surface area contributed by atoms with Crippen LogP contribution in [0, 0.1) is 5.82 Å². The van der Waals surface area contributed by atoms with Crippen molar-refractivity contribution in [3.63, 3.8) is 0 Å². The van der Waals surface area contributed by atoms with E-state index in [0.29, 0.717) is 17.9 Å². The van der Waals surface area contributed by atoms with Crippen LogP contribution in [-0.4, -0.2) is 12.1 Å². The van der Waals surface area contributed by atoms with Crippen molar-refractivity contribution >= 4 is 22.7 Å². The Labute approximate surface area is 142 Å². The minimum atomic E-state index is -0.258. The van der Waals surface area contributed by atoms with Crippen molar-refractivity contribution in [2.75, 3.05) is 7.11 Å². The summed E-state index contributed by atoms with van der Waals surface area (Å²) in [6.07, 6.45) is 2.65. The van der Waals surface area contributed by atoms with Crippen molar-refractivity contribution in [3.8, 4) is 5.75 Å². The number of aromatic nitrogens is 1. The second-order valence-electron chi connectivity index (χ2n) is 5.04. The van der Waals surface area contributed by atoms with Gasteiger partial charge in [0.25, 0.3) is 0 Å². The van der Waals surface area contributed by atoms with Crippen LogP contribution in [0.3, 0.4) is 0 Å². The summed E-state index contributed by atoms with van der Waals surface area (Å²) in [5.41, 5.74) is 0.624. The van der Waals surface area contributed by atoms with Crippen LogP contribution in [0.15, 0.2) is 47.3 Å². The first-order chi connectivity index (χ1) is 11.3. The molecule has 0 amide bonds. The predicted molar refractivity (Wildman–Crippen MR) is 92.7 cm³/mol. The minimum absolute atomic E-state index is 0.0788. The van der Waals surface area contributed by atoms with E-state index in [4.69, 9.17) is 4.74 Å². The highest BCUT2D eigenvalue weighted by atomic mass is 32.1. The first-order valence-electron chi connectivity index (χ1n) is 7.24. The Hall–Kier alpha value is -1.76. The molecule has 1 N–H and O–H groups in total. The van der Waals surface area contributed by atoms with Gasteiger partial charge in [0.05, 0.1) is 13.2 Å². The van der Waals surface area contributed by atoms with E-state index in [1.807, 2.05) is 11.4 Å². The van der Waals surface area contributed by atoms with Crippen LogP contribution in [0.25, 0.3) is 0 Å². The maximum absolute atomic E-state index is 14.1. The van der Waals surface area contributed by atoms with Crippen LogP contribution in [-0.2, 0) is 13.0 Å². The Morgan fingerprint density at radius 3 is 2.83 bits per heavy atom. The van der Waals surface area contributed by atoms with Crippen LogP contribution < -0.4 is 10.1 Å². The summed E-state index contributed by atoms with van der Waals surface area (Å²) in [5, 5.41) is 8.48. The lowest BCUT2D eigenvalue weighted by Crippen LogP contribution is -2.23. The maximum Gasteiger partial charge on any atom is 0.131 e. The van der Waals surface area contributed by atoms with Gasteiger partial charge in [0.15, 0.2) is 0 Å². The highest BCUT2D eigenvalue weighted by Crippen LogP contribution is 2.24. The van der Waals surface area contributed by atoms with E-state index in [2.05, 4.69) is 21.7 Å². The molecular formula is C17H17FN2OS2. The van der Waals surface area contributed by atoms with Gasteiger partial charge in [-0.2, -0.15) is 0 Å². The van der Waals surface area contributed by atoms with Crippen LogP contribution >= 0.6 is 22.7 Å². The van der Waals surface area contributed by atoms with Crippen molar-refractivity contribution in [3.05, 3.63) is 68.6 Å². The Bertz CT molecular complexity index is 729. The number of hydrogen-bond donors (Lipinski definition) is 1. The third-order valence-corrected chi connectivity index (χ3v) is 5.32. The number of halogens is 1. The molecule has 120 valence electrons. The number of benzene rings is 1. The lowest BCUT2D eigenvalue weighted by Gasteiger charge is -2.16. The lowest BCUT2D eigenvalue weighted by molar-refractivity contribution is 0.410. The second-order valence-corrected chi connectivity index (χ2v) is 7.00. The normalized spacial score (nSPS) is 12.3. The monoisotopic (exact) mass is 348 g/mol. The molecule has 6 heteroatoms. The zero-order valence-electron chi connectivity index (χ0n) is 12.7. The third-order valence-electron chi connectivity index (χ3n) is 3.53. The van der Waals surface area contributed by atoms with Gasteiger partial charge in [0, 0.05) is 41.0 Å². The van der Waals surface area contributed by atoms with Gasteiger partial charge >= 0.3 is 0 Å². The van der Waals surface area contributed by atoms with Crippen molar-refractivity contribution in [2.24, 2.45) is 0 Å². The molecule has 1 aromatic carbocycles. The summed E-state index contributed by atoms with van der Waals surface area (Å²) in [5.74, 6) is 0.271. The Balaban J connectivity index is 1.71. The highest BCUT2D eigenvalue weighted by Gasteiger charge is 2.16. The first-order valence-corrected chi connectivity index (χ1v) is 9.00. The van der Waals surface area contributed by atoms with Gasteiger partial charge in [-0.3, -0.25) is 0 Å². The van der Waals surface area contributed by atoms with E-state index < -0.39 is 0 Å². The summed E-state index contributed by atoms with van der Waals surface area (Å²) in [6.45, 7) is 0.450. The van der Waals surface area contributed by atoms with Crippen LogP contribution in [0.2, 0.25) is 0 Å². The molecule has 0 spiro atoms. The van der Waals surface area contributed by atoms with E-state index in [1.165, 1.54) is 18.1 Å². The van der Waals surface area contributed by atoms with Crippen LogP contribution in [0.1, 0.15) is 21.5 Å². The molecule has 0 aliphatic carbocycles. The van der Waals surface area contributed by atoms with Gasteiger partial charge in [-0.25, -0.2) is 9.37 Å². The molecule has 1 atom stereocenters. The summed E-state index contributed by atoms with van der Waals surface area (Å²) in [7, 11) is 1.53. The molecule has 0 saturated carbocycles. The third kappa shape index (κ3) is 4.16. The van der Waals surface area contributed by atoms with Gasteiger partial charge in [-0.15, -0.1) is 22.7 Å². The van der Waals surface area contributed by atoms with E-state index >= 15 is 0 Å². The van der Waals surface area contributed by atoms with E-state index in [9.17, 15) is 4.39 Å². The molecular weight excluding hydrogens is 331 g/mol. The number of hydrogen-bond acceptors (Lipinski definition) is 5. The van der Waals surface area contributed by atoms with E-state index in [1.54, 1.807) is 41.0 Å². The standard InChI is InChI=1S/C17H17FN2OS2/c1-21-13-5-4-12(15(18)9-13)11-20-16(17-19-6-8-23-17)10-14-3-2-7-22-14/h2-9,16,20H,10-11H2,1H3/t16-/m1/s1. The van der Waals surface area contributed by atoms with Gasteiger partial charge < -0.3 is 10.1 Å². The van der Waals surface area contributed by atoms with Crippen molar-refractivity contribution in [1.82, 2.24) is 10.3 Å². The fraction of sp³-hybridized carbons (Fsp3) is 0.235. The summed E-state index contributed by atoms with van der Waals surface area (Å²) >= 11 is 3.34. The summed E-state index contributed by atoms with van der Waals surface area (Å²) < 4.78 is 19.1. The maximum atomic E-state index is 14.1. The zero-order chi connectivity index (χ0) is 16.1. The molecule has 3 nitrogen and oxygen atoms in total. The fourth-order valence-corrected chi connectivity index (χ4v) is 3.78.